The molecule has 2 aromatic carbocycles. The number of Topliss-reactive ketones (excluding diaryl/α,β-unsaturated/α-hetero) is 2. The van der Waals surface area contributed by atoms with Crippen LogP contribution in [0.3, 0.4) is 0 Å². The molecule has 0 fully saturated rings. The van der Waals surface area contributed by atoms with E-state index in [4.69, 9.17) is 0 Å². The summed E-state index contributed by atoms with van der Waals surface area (Å²) in [5.74, 6) is -0.740. The number of hydrogen-bond acceptors (Lipinski definition) is 2. The van der Waals surface area contributed by atoms with Crippen molar-refractivity contribution in [2.75, 3.05) is 0 Å². The van der Waals surface area contributed by atoms with E-state index in [1.807, 2.05) is 26.0 Å². The van der Waals surface area contributed by atoms with Crippen molar-refractivity contribution in [2.45, 2.75) is 13.8 Å². The number of aryl methyl sites for hydroxylation is 2. The molecule has 0 radical (unpaired) electrons. The van der Waals surface area contributed by atoms with Gasteiger partial charge in [0.2, 0.25) is 11.6 Å². The van der Waals surface area contributed by atoms with Gasteiger partial charge in [0, 0.05) is 16.5 Å². The molecule has 2 heteroatoms. The zero-order valence-electron chi connectivity index (χ0n) is 9.13. The molecule has 0 saturated carbocycles. The molecule has 0 heterocycles. The summed E-state index contributed by atoms with van der Waals surface area (Å²) in [6, 6.07) is 7.33. The quantitative estimate of drug-likeness (QED) is 0.626. The Kier molecular flexibility index (Phi) is 1.62. The molecule has 0 N–H and O–H groups in total. The van der Waals surface area contributed by atoms with Gasteiger partial charge in [0.15, 0.2) is 0 Å². The monoisotopic (exact) mass is 210 g/mol. The molecule has 0 aliphatic heterocycles. The molecular weight excluding hydrogens is 200 g/mol. The first-order valence-corrected chi connectivity index (χ1v) is 5.23. The van der Waals surface area contributed by atoms with Gasteiger partial charge < -0.3 is 0 Å². The van der Waals surface area contributed by atoms with E-state index in [-0.39, 0.29) is 11.6 Å². The predicted octanol–water partition coefficient (Wildman–Crippen LogP) is 2.84. The lowest BCUT2D eigenvalue weighted by Crippen LogP contribution is -2.05. The molecule has 0 aromatic heterocycles. The van der Waals surface area contributed by atoms with Crippen LogP contribution in [0.2, 0.25) is 0 Å². The van der Waals surface area contributed by atoms with Gasteiger partial charge >= 0.3 is 0 Å². The first-order valence-electron chi connectivity index (χ1n) is 5.23. The number of rotatable bonds is 0. The summed E-state index contributed by atoms with van der Waals surface area (Å²) in [6.07, 6.45) is 0. The standard InChI is InChI=1S/C14H10O2/c1-7-3-5-9-12-10(14(16)13(9)15)6-4-8(2)11(7)12/h3-6H,1-2H3. The highest BCUT2D eigenvalue weighted by molar-refractivity contribution is 6.57. The maximum atomic E-state index is 11.8. The fourth-order valence-electron chi connectivity index (χ4n) is 2.49. The van der Waals surface area contributed by atoms with Crippen molar-refractivity contribution in [1.29, 1.82) is 0 Å². The van der Waals surface area contributed by atoms with Crippen LogP contribution >= 0.6 is 0 Å². The molecule has 0 saturated heterocycles. The Balaban J connectivity index is 2.64. The van der Waals surface area contributed by atoms with Gasteiger partial charge in [0.25, 0.3) is 0 Å². The summed E-state index contributed by atoms with van der Waals surface area (Å²) in [6.45, 7) is 4.01. The second-order valence-corrected chi connectivity index (χ2v) is 4.27. The van der Waals surface area contributed by atoms with Gasteiger partial charge in [-0.25, -0.2) is 0 Å². The highest BCUT2D eigenvalue weighted by Crippen LogP contribution is 2.34. The number of hydrogen-bond donors (Lipinski definition) is 0. The van der Waals surface area contributed by atoms with E-state index >= 15 is 0 Å². The van der Waals surface area contributed by atoms with Crippen molar-refractivity contribution < 1.29 is 9.59 Å². The molecule has 0 atom stereocenters. The van der Waals surface area contributed by atoms with Crippen LogP contribution < -0.4 is 0 Å². The Labute approximate surface area is 92.9 Å². The van der Waals surface area contributed by atoms with E-state index in [1.165, 1.54) is 0 Å². The van der Waals surface area contributed by atoms with Crippen LogP contribution in [0.15, 0.2) is 24.3 Å². The Bertz CT molecular complexity index is 611. The third-order valence-electron chi connectivity index (χ3n) is 3.27. The average Bonchev–Trinajstić information content (AvgIpc) is 2.50. The summed E-state index contributed by atoms with van der Waals surface area (Å²) in [5, 5.41) is 1.89. The van der Waals surface area contributed by atoms with E-state index in [0.29, 0.717) is 11.1 Å². The molecule has 0 amide bonds. The first kappa shape index (κ1) is 9.28. The number of ketones is 2. The summed E-state index contributed by atoms with van der Waals surface area (Å²) >= 11 is 0. The zero-order chi connectivity index (χ0) is 11.4. The van der Waals surface area contributed by atoms with Crippen LogP contribution in [-0.4, -0.2) is 11.6 Å². The summed E-state index contributed by atoms with van der Waals surface area (Å²) < 4.78 is 0. The minimum absolute atomic E-state index is 0.370. The Morgan fingerprint density at radius 2 is 1.12 bits per heavy atom. The van der Waals surface area contributed by atoms with Crippen molar-refractivity contribution in [3.05, 3.63) is 46.5 Å². The van der Waals surface area contributed by atoms with Crippen molar-refractivity contribution in [2.24, 2.45) is 0 Å². The first-order chi connectivity index (χ1) is 7.61. The van der Waals surface area contributed by atoms with Gasteiger partial charge in [0.1, 0.15) is 0 Å². The third kappa shape index (κ3) is 0.915. The van der Waals surface area contributed by atoms with Crippen LogP contribution in [0, 0.1) is 13.8 Å². The molecule has 3 rings (SSSR count). The highest BCUT2D eigenvalue weighted by atomic mass is 16.2. The van der Waals surface area contributed by atoms with E-state index in [0.717, 1.165) is 21.9 Å². The van der Waals surface area contributed by atoms with Gasteiger partial charge in [-0.2, -0.15) is 0 Å². The summed E-state index contributed by atoms with van der Waals surface area (Å²) in [5.41, 5.74) is 3.34. The lowest BCUT2D eigenvalue weighted by atomic mass is 9.97. The molecule has 1 aliphatic rings. The van der Waals surface area contributed by atoms with Gasteiger partial charge in [-0.15, -0.1) is 0 Å². The molecule has 2 aromatic rings. The maximum Gasteiger partial charge on any atom is 0.234 e. The highest BCUT2D eigenvalue weighted by Gasteiger charge is 2.31. The van der Waals surface area contributed by atoms with Gasteiger partial charge in [0.05, 0.1) is 0 Å². The lowest BCUT2D eigenvalue weighted by Gasteiger charge is -2.06. The van der Waals surface area contributed by atoms with E-state index in [9.17, 15) is 9.59 Å². The van der Waals surface area contributed by atoms with Crippen molar-refractivity contribution >= 4 is 22.3 Å². The molecule has 0 unspecified atom stereocenters. The Morgan fingerprint density at radius 1 is 0.688 bits per heavy atom. The lowest BCUT2D eigenvalue weighted by molar-refractivity contribution is 0.0825. The minimum Gasteiger partial charge on any atom is -0.285 e. The van der Waals surface area contributed by atoms with E-state index in [2.05, 4.69) is 0 Å². The largest absolute Gasteiger partial charge is 0.285 e. The fourth-order valence-corrected chi connectivity index (χ4v) is 2.49. The van der Waals surface area contributed by atoms with E-state index < -0.39 is 0 Å². The Morgan fingerprint density at radius 3 is 1.56 bits per heavy atom. The molecular formula is C14H10O2. The smallest absolute Gasteiger partial charge is 0.234 e. The van der Waals surface area contributed by atoms with Gasteiger partial charge in [-0.3, -0.25) is 9.59 Å². The van der Waals surface area contributed by atoms with Crippen LogP contribution in [0.4, 0.5) is 0 Å². The summed E-state index contributed by atoms with van der Waals surface area (Å²) in [7, 11) is 0. The number of benzene rings is 2. The predicted molar refractivity (Wildman–Crippen MR) is 62.1 cm³/mol. The van der Waals surface area contributed by atoms with Crippen molar-refractivity contribution in [1.82, 2.24) is 0 Å². The zero-order valence-corrected chi connectivity index (χ0v) is 9.13. The molecule has 1 aliphatic carbocycles. The van der Waals surface area contributed by atoms with Crippen molar-refractivity contribution in [3.8, 4) is 0 Å². The van der Waals surface area contributed by atoms with Crippen LogP contribution in [-0.2, 0) is 0 Å². The fraction of sp³-hybridized carbons (Fsp3) is 0.143. The number of carbonyl (C=O) groups is 2. The normalized spacial score (nSPS) is 13.9. The van der Waals surface area contributed by atoms with Crippen LogP contribution in [0.1, 0.15) is 31.8 Å². The molecule has 16 heavy (non-hydrogen) atoms. The second-order valence-electron chi connectivity index (χ2n) is 4.27. The minimum atomic E-state index is -0.370. The SMILES string of the molecule is Cc1ccc2c3c(ccc(C)c13)C(=O)C2=O. The van der Waals surface area contributed by atoms with Gasteiger partial charge in [-0.05, 0) is 42.5 Å². The van der Waals surface area contributed by atoms with Crippen LogP contribution in [0.25, 0.3) is 10.8 Å². The Hall–Kier alpha value is -1.96. The maximum absolute atomic E-state index is 11.8. The van der Waals surface area contributed by atoms with Gasteiger partial charge in [-0.1, -0.05) is 12.1 Å². The molecule has 2 nitrogen and oxygen atoms in total. The average molecular weight is 210 g/mol. The molecule has 0 spiro atoms. The second kappa shape index (κ2) is 2.79. The topological polar surface area (TPSA) is 34.1 Å². The third-order valence-corrected chi connectivity index (χ3v) is 3.27. The van der Waals surface area contributed by atoms with E-state index in [1.54, 1.807) is 12.1 Å². The molecule has 78 valence electrons. The molecule has 0 bridgehead atoms. The summed E-state index contributed by atoms with van der Waals surface area (Å²) in [4.78, 5) is 23.5. The van der Waals surface area contributed by atoms with Crippen molar-refractivity contribution in [3.63, 3.8) is 0 Å². The number of carbonyl (C=O) groups excluding carboxylic acids is 2. The van der Waals surface area contributed by atoms with Crippen LogP contribution in [0.5, 0.6) is 0 Å².